The van der Waals surface area contributed by atoms with Crippen LogP contribution in [0.1, 0.15) is 63.6 Å². The predicted octanol–water partition coefficient (Wildman–Crippen LogP) is 7.46. The third-order valence-corrected chi connectivity index (χ3v) is 11.3. The van der Waals surface area contributed by atoms with Crippen LogP contribution in [0, 0.1) is 11.3 Å². The molecule has 0 bridgehead atoms. The number of nitrogens with one attached hydrogen (secondary N) is 2. The van der Waals surface area contributed by atoms with Crippen molar-refractivity contribution in [3.63, 3.8) is 0 Å². The van der Waals surface area contributed by atoms with Crippen LogP contribution in [0.2, 0.25) is 25.1 Å². The van der Waals surface area contributed by atoms with Crippen LogP contribution in [0.5, 0.6) is 5.75 Å². The highest BCUT2D eigenvalue weighted by Crippen LogP contribution is 2.52. The smallest absolute Gasteiger partial charge is 0.266 e. The second-order valence-electron chi connectivity index (χ2n) is 13.0. The van der Waals surface area contributed by atoms with Crippen molar-refractivity contribution in [3.8, 4) is 5.75 Å². The Morgan fingerprint density at radius 1 is 1.04 bits per heavy atom. The van der Waals surface area contributed by atoms with Crippen molar-refractivity contribution in [2.75, 3.05) is 44.2 Å². The molecule has 2 atom stereocenters. The standard InChI is InChI=1S/C34H41Cl5N6O3/c1-19(24-9-6-20(15-25(24)35)22(16-40)17-41)45(23-7-8-23)32(46)21-5-4-12-44(18-21)30-27(37)26(36)28(38)31(29(30)39)48-34(2,3)33(47)43-13-10-42-11-14-43/h6,9,15-17,19,21,23,40,42H,4-5,7-8,10-14,18,41H2,1-3H3/b22-17+,40-16?/t19?,21-/m1/s1. The van der Waals surface area contributed by atoms with Crippen molar-refractivity contribution in [1.82, 2.24) is 15.1 Å². The van der Waals surface area contributed by atoms with Crippen LogP contribution >= 0.6 is 58.0 Å². The van der Waals surface area contributed by atoms with Gasteiger partial charge in [-0.2, -0.15) is 0 Å². The summed E-state index contributed by atoms with van der Waals surface area (Å²) in [5.74, 6) is -0.432. The van der Waals surface area contributed by atoms with Crippen LogP contribution in [-0.4, -0.2) is 78.7 Å². The highest BCUT2D eigenvalue weighted by Gasteiger charge is 2.42. The monoisotopic (exact) mass is 756 g/mol. The highest BCUT2D eigenvalue weighted by atomic mass is 35.5. The van der Waals surface area contributed by atoms with Gasteiger partial charge in [0.15, 0.2) is 11.4 Å². The van der Waals surface area contributed by atoms with Crippen molar-refractivity contribution >= 4 is 87.3 Å². The summed E-state index contributed by atoms with van der Waals surface area (Å²) in [4.78, 5) is 33.4. The number of hydrogen-bond donors (Lipinski definition) is 3. The molecule has 0 aromatic heterocycles. The van der Waals surface area contributed by atoms with Crippen molar-refractivity contribution in [1.29, 1.82) is 5.41 Å². The molecule has 2 aromatic rings. The molecular weight excluding hydrogens is 718 g/mol. The number of anilines is 1. The van der Waals surface area contributed by atoms with E-state index >= 15 is 0 Å². The summed E-state index contributed by atoms with van der Waals surface area (Å²) >= 11 is 33.9. The number of carbonyl (C=O) groups is 2. The molecular formula is C34H41Cl5N6O3. The Kier molecular flexibility index (Phi) is 11.7. The van der Waals surface area contributed by atoms with Gasteiger partial charge in [0.2, 0.25) is 5.91 Å². The summed E-state index contributed by atoms with van der Waals surface area (Å²) < 4.78 is 6.27. The van der Waals surface area contributed by atoms with Crippen LogP contribution in [-0.2, 0) is 9.59 Å². The molecule has 2 amide bonds. The van der Waals surface area contributed by atoms with Crippen molar-refractivity contribution < 1.29 is 14.3 Å². The van der Waals surface area contributed by atoms with E-state index in [2.05, 4.69) is 5.32 Å². The molecule has 2 aromatic carbocycles. The summed E-state index contributed by atoms with van der Waals surface area (Å²) in [7, 11) is 0. The molecule has 1 aliphatic carbocycles. The number of carbonyl (C=O) groups excluding carboxylic acids is 2. The minimum atomic E-state index is -1.29. The van der Waals surface area contributed by atoms with Gasteiger partial charge in [0.25, 0.3) is 5.91 Å². The molecule has 2 aliphatic heterocycles. The van der Waals surface area contributed by atoms with Gasteiger partial charge in [-0.1, -0.05) is 70.1 Å². The zero-order valence-electron chi connectivity index (χ0n) is 27.2. The maximum atomic E-state index is 14.3. The van der Waals surface area contributed by atoms with E-state index in [0.29, 0.717) is 68.4 Å². The lowest BCUT2D eigenvalue weighted by Crippen LogP contribution is -2.54. The van der Waals surface area contributed by atoms with Gasteiger partial charge in [-0.15, -0.1) is 0 Å². The molecule has 3 aliphatic rings. The molecule has 4 N–H and O–H groups in total. The lowest BCUT2D eigenvalue weighted by molar-refractivity contribution is -0.146. The van der Waals surface area contributed by atoms with Gasteiger partial charge in [-0.3, -0.25) is 9.59 Å². The summed E-state index contributed by atoms with van der Waals surface area (Å²) in [6.07, 6.45) is 5.79. The van der Waals surface area contributed by atoms with E-state index in [-0.39, 0.29) is 55.7 Å². The summed E-state index contributed by atoms with van der Waals surface area (Å²) in [5, 5.41) is 11.7. The molecule has 48 heavy (non-hydrogen) atoms. The first kappa shape index (κ1) is 36.9. The van der Waals surface area contributed by atoms with Gasteiger partial charge in [-0.05, 0) is 63.6 Å². The Hall–Kier alpha value is -2.40. The number of benzene rings is 2. The second kappa shape index (κ2) is 15.2. The summed E-state index contributed by atoms with van der Waals surface area (Å²) in [6, 6.07) is 5.39. The van der Waals surface area contributed by atoms with Gasteiger partial charge < -0.3 is 35.9 Å². The van der Waals surface area contributed by atoms with Gasteiger partial charge in [0.1, 0.15) is 10.0 Å². The average molecular weight is 759 g/mol. The fourth-order valence-corrected chi connectivity index (χ4v) is 8.11. The normalized spacial score (nSPS) is 19.6. The van der Waals surface area contributed by atoms with E-state index < -0.39 is 5.60 Å². The Labute approximate surface area is 307 Å². The molecule has 5 rings (SSSR count). The van der Waals surface area contributed by atoms with Crippen LogP contribution in [0.15, 0.2) is 24.4 Å². The number of amides is 2. The number of allylic oxidation sites excluding steroid dienone is 1. The predicted molar refractivity (Wildman–Crippen MR) is 196 cm³/mol. The number of ether oxygens (including phenoxy) is 1. The van der Waals surface area contributed by atoms with E-state index in [1.165, 1.54) is 12.4 Å². The van der Waals surface area contributed by atoms with Gasteiger partial charge in [0.05, 0.1) is 27.7 Å². The minimum Gasteiger partial charge on any atom is -0.475 e. The number of nitrogens with two attached hydrogens (primary N) is 1. The van der Waals surface area contributed by atoms with Crippen LogP contribution < -0.4 is 20.7 Å². The summed E-state index contributed by atoms with van der Waals surface area (Å²) in [5.41, 5.74) is 6.92. The molecule has 0 spiro atoms. The van der Waals surface area contributed by atoms with Gasteiger partial charge in [-0.25, -0.2) is 0 Å². The third kappa shape index (κ3) is 7.52. The zero-order chi connectivity index (χ0) is 34.9. The van der Waals surface area contributed by atoms with Crippen molar-refractivity contribution in [3.05, 3.63) is 60.6 Å². The Bertz CT molecular complexity index is 1610. The molecule has 260 valence electrons. The van der Waals surface area contributed by atoms with Gasteiger partial charge in [0, 0.05) is 68.3 Å². The molecule has 3 fully saturated rings. The van der Waals surface area contributed by atoms with Crippen LogP contribution in [0.25, 0.3) is 5.57 Å². The third-order valence-electron chi connectivity index (χ3n) is 9.29. The molecule has 0 radical (unpaired) electrons. The van der Waals surface area contributed by atoms with Crippen LogP contribution in [0.3, 0.4) is 0 Å². The lowest BCUT2D eigenvalue weighted by atomic mass is 9.94. The molecule has 2 heterocycles. The number of piperidine rings is 1. The molecule has 2 saturated heterocycles. The first-order chi connectivity index (χ1) is 22.8. The fraction of sp³-hybridized carbons (Fsp3) is 0.500. The largest absolute Gasteiger partial charge is 0.475 e. The summed E-state index contributed by atoms with van der Waals surface area (Å²) in [6.45, 7) is 8.81. The van der Waals surface area contributed by atoms with Crippen molar-refractivity contribution in [2.45, 2.75) is 64.1 Å². The maximum absolute atomic E-state index is 14.3. The number of hydrogen-bond acceptors (Lipinski definition) is 7. The maximum Gasteiger partial charge on any atom is 0.266 e. The number of piperazine rings is 1. The van der Waals surface area contributed by atoms with E-state index in [9.17, 15) is 9.59 Å². The van der Waals surface area contributed by atoms with E-state index in [1.54, 1.807) is 24.8 Å². The Morgan fingerprint density at radius 3 is 2.33 bits per heavy atom. The second-order valence-corrected chi connectivity index (χ2v) is 14.9. The van der Waals surface area contributed by atoms with E-state index in [4.69, 9.17) is 73.9 Å². The van der Waals surface area contributed by atoms with Crippen molar-refractivity contribution in [2.24, 2.45) is 11.7 Å². The van der Waals surface area contributed by atoms with E-state index in [0.717, 1.165) is 24.0 Å². The topological polar surface area (TPSA) is 115 Å². The quantitative estimate of drug-likeness (QED) is 0.132. The molecule has 14 heteroatoms. The number of halogens is 5. The zero-order valence-corrected chi connectivity index (χ0v) is 31.0. The van der Waals surface area contributed by atoms with E-state index in [1.807, 2.05) is 28.9 Å². The SMILES string of the molecule is CC(c1ccc(/C(C=N)=C/N)cc1Cl)N(C(=O)[C@@H]1CCCN(c2c(Cl)c(Cl)c(Cl)c(OC(C)(C)C(=O)N3CCNCC3)c2Cl)C1)C1CC1. The molecule has 1 saturated carbocycles. The van der Waals surface area contributed by atoms with Gasteiger partial charge >= 0.3 is 0 Å². The average Bonchev–Trinajstić information content (AvgIpc) is 3.92. The highest BCUT2D eigenvalue weighted by molar-refractivity contribution is 6.52. The lowest BCUT2D eigenvalue weighted by Gasteiger charge is -2.39. The Balaban J connectivity index is 1.40. The molecule has 9 nitrogen and oxygen atoms in total. The number of nitrogens with zero attached hydrogens (tertiary/aromatic N) is 3. The Morgan fingerprint density at radius 2 is 1.73 bits per heavy atom. The first-order valence-corrected chi connectivity index (χ1v) is 18.0. The van der Waals surface area contributed by atoms with Crippen LogP contribution in [0.4, 0.5) is 5.69 Å². The molecule has 1 unspecified atom stereocenters. The number of rotatable bonds is 10. The first-order valence-electron chi connectivity index (χ1n) is 16.1. The fourth-order valence-electron chi connectivity index (χ4n) is 6.57. The minimum absolute atomic E-state index is 0.0209.